The summed E-state index contributed by atoms with van der Waals surface area (Å²) in [5.41, 5.74) is -1.42. The van der Waals surface area contributed by atoms with Crippen LogP contribution in [0.3, 0.4) is 0 Å². The van der Waals surface area contributed by atoms with Crippen LogP contribution in [0.5, 0.6) is 0 Å². The molecule has 1 atom stereocenters. The van der Waals surface area contributed by atoms with E-state index in [1.54, 1.807) is 72.8 Å². The summed E-state index contributed by atoms with van der Waals surface area (Å²) < 4.78 is 0. The zero-order valence-corrected chi connectivity index (χ0v) is 14.3. The van der Waals surface area contributed by atoms with Crippen molar-refractivity contribution in [3.63, 3.8) is 0 Å². The van der Waals surface area contributed by atoms with Crippen molar-refractivity contribution in [3.8, 4) is 0 Å². The first-order chi connectivity index (χ1) is 13.0. The summed E-state index contributed by atoms with van der Waals surface area (Å²) in [7, 11) is 0. The lowest BCUT2D eigenvalue weighted by atomic mass is 9.74. The van der Waals surface area contributed by atoms with Crippen LogP contribution >= 0.6 is 0 Å². The van der Waals surface area contributed by atoms with Crippen molar-refractivity contribution in [3.05, 3.63) is 107 Å². The standard InChI is InChI=1S/C23H16O4/c24-20(16-11-5-2-6-12-16)19(15-9-3-1-4-10-15)23(27)21(25)17-13-7-8-14-18(17)22(23)26/h1-14,19,27H. The molecule has 3 aromatic carbocycles. The first kappa shape index (κ1) is 17.1. The van der Waals surface area contributed by atoms with E-state index in [0.29, 0.717) is 11.1 Å². The number of Topliss-reactive ketones (excluding diaryl/α,β-unsaturated/α-hetero) is 3. The number of benzene rings is 3. The van der Waals surface area contributed by atoms with E-state index >= 15 is 0 Å². The molecular weight excluding hydrogens is 340 g/mol. The van der Waals surface area contributed by atoms with Gasteiger partial charge in [-0.1, -0.05) is 84.9 Å². The van der Waals surface area contributed by atoms with Crippen LogP contribution in [0, 0.1) is 0 Å². The number of ketones is 3. The minimum absolute atomic E-state index is 0.145. The number of hydrogen-bond acceptors (Lipinski definition) is 4. The lowest BCUT2D eigenvalue weighted by Gasteiger charge is -2.29. The van der Waals surface area contributed by atoms with Gasteiger partial charge in [0.05, 0.1) is 5.92 Å². The van der Waals surface area contributed by atoms with E-state index in [1.807, 2.05) is 0 Å². The van der Waals surface area contributed by atoms with Crippen molar-refractivity contribution in [2.24, 2.45) is 0 Å². The third kappa shape index (κ3) is 2.54. The zero-order chi connectivity index (χ0) is 19.0. The molecule has 1 aliphatic carbocycles. The van der Waals surface area contributed by atoms with Gasteiger partial charge in [-0.3, -0.25) is 14.4 Å². The summed E-state index contributed by atoms with van der Waals surface area (Å²) in [6.45, 7) is 0. The third-order valence-electron chi connectivity index (χ3n) is 4.98. The molecule has 4 rings (SSSR count). The van der Waals surface area contributed by atoms with Crippen molar-refractivity contribution in [2.75, 3.05) is 0 Å². The summed E-state index contributed by atoms with van der Waals surface area (Å²) in [6, 6.07) is 23.1. The fourth-order valence-electron chi connectivity index (χ4n) is 3.65. The Morgan fingerprint density at radius 2 is 1.15 bits per heavy atom. The maximum Gasteiger partial charge on any atom is 0.204 e. The van der Waals surface area contributed by atoms with Crippen molar-refractivity contribution >= 4 is 17.3 Å². The Morgan fingerprint density at radius 3 is 1.67 bits per heavy atom. The summed E-state index contributed by atoms with van der Waals surface area (Å²) in [4.78, 5) is 39.4. The molecule has 0 bridgehead atoms. The van der Waals surface area contributed by atoms with Crippen molar-refractivity contribution < 1.29 is 19.5 Å². The normalized spacial score (nSPS) is 16.0. The quantitative estimate of drug-likeness (QED) is 0.574. The van der Waals surface area contributed by atoms with Gasteiger partial charge in [-0.2, -0.15) is 0 Å². The Morgan fingerprint density at radius 1 is 0.704 bits per heavy atom. The molecule has 0 heterocycles. The predicted octanol–water partition coefficient (Wildman–Crippen LogP) is 3.46. The Kier molecular flexibility index (Phi) is 4.05. The van der Waals surface area contributed by atoms with Crippen LogP contribution in [0.1, 0.15) is 42.6 Å². The van der Waals surface area contributed by atoms with E-state index in [4.69, 9.17) is 0 Å². The van der Waals surface area contributed by atoms with Gasteiger partial charge >= 0.3 is 0 Å². The Hall–Kier alpha value is -3.37. The lowest BCUT2D eigenvalue weighted by molar-refractivity contribution is 0.0223. The second-order valence-corrected chi connectivity index (χ2v) is 6.54. The summed E-state index contributed by atoms with van der Waals surface area (Å²) in [6.07, 6.45) is 0. The second-order valence-electron chi connectivity index (χ2n) is 6.54. The molecule has 0 aliphatic heterocycles. The van der Waals surface area contributed by atoms with Crippen molar-refractivity contribution in [2.45, 2.75) is 11.5 Å². The molecule has 132 valence electrons. The smallest absolute Gasteiger partial charge is 0.204 e. The summed E-state index contributed by atoms with van der Waals surface area (Å²) in [5.74, 6) is -3.27. The molecule has 27 heavy (non-hydrogen) atoms. The molecule has 0 spiro atoms. The number of hydrogen-bond donors (Lipinski definition) is 1. The number of carbonyl (C=O) groups excluding carboxylic acids is 3. The van der Waals surface area contributed by atoms with Gasteiger partial charge in [0, 0.05) is 16.7 Å². The fourth-order valence-corrected chi connectivity index (χ4v) is 3.65. The Balaban J connectivity index is 1.91. The van der Waals surface area contributed by atoms with Gasteiger partial charge in [0.15, 0.2) is 5.78 Å². The molecule has 1 aliphatic rings. The van der Waals surface area contributed by atoms with Gasteiger partial charge in [-0.25, -0.2) is 0 Å². The van der Waals surface area contributed by atoms with Crippen LogP contribution < -0.4 is 0 Å². The summed E-state index contributed by atoms with van der Waals surface area (Å²) in [5, 5.41) is 11.4. The van der Waals surface area contributed by atoms with Crippen LogP contribution in [0.25, 0.3) is 0 Å². The van der Waals surface area contributed by atoms with E-state index in [1.165, 1.54) is 12.1 Å². The number of rotatable bonds is 4. The molecule has 1 unspecified atom stereocenters. The SMILES string of the molecule is O=C(c1ccccc1)C(c1ccccc1)C1(O)C(=O)c2ccccc2C1=O. The van der Waals surface area contributed by atoms with Crippen LogP contribution in [0.2, 0.25) is 0 Å². The van der Waals surface area contributed by atoms with E-state index in [9.17, 15) is 19.5 Å². The maximum absolute atomic E-state index is 13.3. The molecule has 4 nitrogen and oxygen atoms in total. The van der Waals surface area contributed by atoms with Crippen molar-refractivity contribution in [1.82, 2.24) is 0 Å². The molecular formula is C23H16O4. The van der Waals surface area contributed by atoms with E-state index in [-0.39, 0.29) is 11.1 Å². The Labute approximate surface area is 156 Å². The average molecular weight is 356 g/mol. The van der Waals surface area contributed by atoms with E-state index < -0.39 is 28.9 Å². The predicted molar refractivity (Wildman–Crippen MR) is 100 cm³/mol. The number of aliphatic hydroxyl groups is 1. The van der Waals surface area contributed by atoms with Crippen LogP contribution in [-0.2, 0) is 0 Å². The van der Waals surface area contributed by atoms with Gasteiger partial charge < -0.3 is 5.11 Å². The topological polar surface area (TPSA) is 71.4 Å². The fraction of sp³-hybridized carbons (Fsp3) is 0.0870. The Bertz CT molecular complexity index is 1000. The molecule has 4 heteroatoms. The molecule has 0 saturated carbocycles. The van der Waals surface area contributed by atoms with Gasteiger partial charge in [0.1, 0.15) is 0 Å². The largest absolute Gasteiger partial charge is 0.373 e. The highest BCUT2D eigenvalue weighted by Gasteiger charge is 2.59. The van der Waals surface area contributed by atoms with E-state index in [2.05, 4.69) is 0 Å². The molecule has 0 amide bonds. The van der Waals surface area contributed by atoms with Crippen LogP contribution in [0.15, 0.2) is 84.9 Å². The number of fused-ring (bicyclic) bond motifs is 1. The zero-order valence-electron chi connectivity index (χ0n) is 14.3. The molecule has 0 saturated heterocycles. The molecule has 3 aromatic rings. The first-order valence-corrected chi connectivity index (χ1v) is 8.60. The van der Waals surface area contributed by atoms with Crippen LogP contribution in [-0.4, -0.2) is 28.1 Å². The van der Waals surface area contributed by atoms with Gasteiger partial charge in [0.25, 0.3) is 0 Å². The van der Waals surface area contributed by atoms with Gasteiger partial charge in [0.2, 0.25) is 17.2 Å². The van der Waals surface area contributed by atoms with Crippen LogP contribution in [0.4, 0.5) is 0 Å². The highest BCUT2D eigenvalue weighted by Crippen LogP contribution is 2.41. The highest BCUT2D eigenvalue weighted by atomic mass is 16.3. The second kappa shape index (κ2) is 6.41. The third-order valence-corrected chi connectivity index (χ3v) is 4.98. The lowest BCUT2D eigenvalue weighted by Crippen LogP contribution is -2.50. The molecule has 1 N–H and O–H groups in total. The average Bonchev–Trinajstić information content (AvgIpc) is 2.92. The molecule has 0 fully saturated rings. The summed E-state index contributed by atoms with van der Waals surface area (Å²) >= 11 is 0. The first-order valence-electron chi connectivity index (χ1n) is 8.60. The molecule has 0 aromatic heterocycles. The highest BCUT2D eigenvalue weighted by molar-refractivity contribution is 6.34. The number of carbonyl (C=O) groups is 3. The van der Waals surface area contributed by atoms with E-state index in [0.717, 1.165) is 0 Å². The van der Waals surface area contributed by atoms with Gasteiger partial charge in [-0.15, -0.1) is 0 Å². The monoisotopic (exact) mass is 356 g/mol. The minimum atomic E-state index is -2.46. The minimum Gasteiger partial charge on any atom is -0.373 e. The van der Waals surface area contributed by atoms with Gasteiger partial charge in [-0.05, 0) is 5.56 Å². The maximum atomic E-state index is 13.3. The molecule has 0 radical (unpaired) electrons. The van der Waals surface area contributed by atoms with Crippen molar-refractivity contribution in [1.29, 1.82) is 0 Å².